The van der Waals surface area contributed by atoms with Crippen molar-refractivity contribution < 1.29 is 4.39 Å². The van der Waals surface area contributed by atoms with Gasteiger partial charge in [0, 0.05) is 22.7 Å². The summed E-state index contributed by atoms with van der Waals surface area (Å²) in [5.41, 5.74) is 1.82. The number of benzene rings is 2. The maximum absolute atomic E-state index is 13.9. The Morgan fingerprint density at radius 1 is 1.15 bits per heavy atom. The van der Waals surface area contributed by atoms with E-state index in [1.165, 1.54) is 6.07 Å². The summed E-state index contributed by atoms with van der Waals surface area (Å²) >= 11 is 6.01. The summed E-state index contributed by atoms with van der Waals surface area (Å²) in [4.78, 5) is 0. The van der Waals surface area contributed by atoms with Gasteiger partial charge in [0.15, 0.2) is 0 Å². The summed E-state index contributed by atoms with van der Waals surface area (Å²) in [5.74, 6) is -0.162. The zero-order chi connectivity index (χ0) is 14.5. The minimum Gasteiger partial charge on any atom is -0.303 e. The molecule has 2 atom stereocenters. The largest absolute Gasteiger partial charge is 0.303 e. The Balaban J connectivity index is 2.16. The Bertz CT molecular complexity index is 570. The van der Waals surface area contributed by atoms with Gasteiger partial charge in [0.2, 0.25) is 0 Å². The van der Waals surface area contributed by atoms with E-state index >= 15 is 0 Å². The van der Waals surface area contributed by atoms with E-state index in [1.54, 1.807) is 6.07 Å². The molecule has 2 aromatic rings. The fraction of sp³-hybridized carbons (Fsp3) is 0.294. The first-order chi connectivity index (χ1) is 9.61. The van der Waals surface area contributed by atoms with Crippen LogP contribution in [0, 0.1) is 5.82 Å². The van der Waals surface area contributed by atoms with Gasteiger partial charge in [0.1, 0.15) is 5.82 Å². The predicted octanol–water partition coefficient (Wildman–Crippen LogP) is 5.28. The van der Waals surface area contributed by atoms with Crippen molar-refractivity contribution in [3.8, 4) is 0 Å². The smallest absolute Gasteiger partial charge is 0.127 e. The first-order valence-electron chi connectivity index (χ1n) is 6.87. The summed E-state index contributed by atoms with van der Waals surface area (Å²) in [6, 6.07) is 14.8. The van der Waals surface area contributed by atoms with Crippen LogP contribution in [-0.4, -0.2) is 0 Å². The van der Waals surface area contributed by atoms with Gasteiger partial charge < -0.3 is 5.32 Å². The molecule has 0 radical (unpaired) electrons. The Hall–Kier alpha value is -1.38. The van der Waals surface area contributed by atoms with Gasteiger partial charge in [-0.25, -0.2) is 4.39 Å². The van der Waals surface area contributed by atoms with Gasteiger partial charge in [-0.05, 0) is 37.1 Å². The predicted molar refractivity (Wildman–Crippen MR) is 82.4 cm³/mol. The molecule has 0 heterocycles. The second kappa shape index (κ2) is 6.87. The molecule has 0 aliphatic carbocycles. The fourth-order valence-electron chi connectivity index (χ4n) is 2.36. The third kappa shape index (κ3) is 3.59. The number of hydrogen-bond donors (Lipinski definition) is 1. The second-order valence-corrected chi connectivity index (χ2v) is 5.36. The highest BCUT2D eigenvalue weighted by molar-refractivity contribution is 6.30. The van der Waals surface area contributed by atoms with Crippen molar-refractivity contribution in [2.75, 3.05) is 0 Å². The first-order valence-corrected chi connectivity index (χ1v) is 7.25. The molecule has 0 aromatic heterocycles. The Kier molecular flexibility index (Phi) is 5.16. The molecule has 0 fully saturated rings. The number of hydrogen-bond acceptors (Lipinski definition) is 1. The molecule has 0 amide bonds. The Morgan fingerprint density at radius 2 is 1.90 bits per heavy atom. The molecule has 2 rings (SSSR count). The molecule has 1 nitrogen and oxygen atoms in total. The van der Waals surface area contributed by atoms with Crippen LogP contribution in [0.2, 0.25) is 5.02 Å². The lowest BCUT2D eigenvalue weighted by molar-refractivity contribution is 0.439. The topological polar surface area (TPSA) is 12.0 Å². The molecule has 0 saturated carbocycles. The van der Waals surface area contributed by atoms with Crippen LogP contribution in [0.1, 0.15) is 43.5 Å². The normalized spacial score (nSPS) is 14.0. The molecule has 1 N–H and O–H groups in total. The SMILES string of the molecule is CCC(N[C@@H](C)c1cccc(Cl)c1)c1ccccc1F. The van der Waals surface area contributed by atoms with Crippen molar-refractivity contribution in [1.82, 2.24) is 5.32 Å². The van der Waals surface area contributed by atoms with Crippen molar-refractivity contribution in [3.63, 3.8) is 0 Å². The first kappa shape index (κ1) is 15.0. The number of nitrogens with one attached hydrogen (secondary N) is 1. The quantitative estimate of drug-likeness (QED) is 0.790. The molecule has 0 saturated heterocycles. The van der Waals surface area contributed by atoms with Crippen molar-refractivity contribution in [3.05, 3.63) is 70.5 Å². The van der Waals surface area contributed by atoms with Gasteiger partial charge in [-0.1, -0.05) is 48.9 Å². The second-order valence-electron chi connectivity index (χ2n) is 4.93. The molecule has 0 aliphatic rings. The Morgan fingerprint density at radius 3 is 2.55 bits per heavy atom. The van der Waals surface area contributed by atoms with Crippen LogP contribution >= 0.6 is 11.6 Å². The molecule has 2 aromatic carbocycles. The van der Waals surface area contributed by atoms with Gasteiger partial charge >= 0.3 is 0 Å². The van der Waals surface area contributed by atoms with E-state index in [2.05, 4.69) is 19.2 Å². The van der Waals surface area contributed by atoms with Gasteiger partial charge in [0.25, 0.3) is 0 Å². The zero-order valence-corrected chi connectivity index (χ0v) is 12.5. The lowest BCUT2D eigenvalue weighted by atomic mass is 10.0. The van der Waals surface area contributed by atoms with Gasteiger partial charge in [-0.2, -0.15) is 0 Å². The molecule has 0 spiro atoms. The van der Waals surface area contributed by atoms with Crippen molar-refractivity contribution in [2.24, 2.45) is 0 Å². The minimum atomic E-state index is -0.162. The average Bonchev–Trinajstić information content (AvgIpc) is 2.45. The molecule has 3 heteroatoms. The highest BCUT2D eigenvalue weighted by atomic mass is 35.5. The lowest BCUT2D eigenvalue weighted by Gasteiger charge is -2.23. The third-order valence-corrected chi connectivity index (χ3v) is 3.72. The van der Waals surface area contributed by atoms with E-state index in [0.717, 1.165) is 17.0 Å². The summed E-state index contributed by atoms with van der Waals surface area (Å²) < 4.78 is 13.9. The standard InChI is InChI=1S/C17H19ClFN/c1-3-17(15-9-4-5-10-16(15)19)20-12(2)13-7-6-8-14(18)11-13/h4-12,17,20H,3H2,1-2H3/t12-,17?/m0/s1. The van der Waals surface area contributed by atoms with Crippen LogP contribution in [0.15, 0.2) is 48.5 Å². The van der Waals surface area contributed by atoms with Crippen molar-refractivity contribution in [1.29, 1.82) is 0 Å². The maximum Gasteiger partial charge on any atom is 0.127 e. The molecular formula is C17H19ClFN. The molecule has 106 valence electrons. The number of rotatable bonds is 5. The van der Waals surface area contributed by atoms with Crippen molar-refractivity contribution >= 4 is 11.6 Å². The molecular weight excluding hydrogens is 273 g/mol. The molecule has 0 aliphatic heterocycles. The van der Waals surface area contributed by atoms with E-state index in [1.807, 2.05) is 36.4 Å². The monoisotopic (exact) mass is 291 g/mol. The van der Waals surface area contributed by atoms with Crippen LogP contribution < -0.4 is 5.32 Å². The third-order valence-electron chi connectivity index (χ3n) is 3.49. The molecule has 20 heavy (non-hydrogen) atoms. The van der Waals surface area contributed by atoms with Crippen LogP contribution in [0.25, 0.3) is 0 Å². The summed E-state index contributed by atoms with van der Waals surface area (Å²) in [5, 5.41) is 4.19. The van der Waals surface area contributed by atoms with E-state index < -0.39 is 0 Å². The highest BCUT2D eigenvalue weighted by Crippen LogP contribution is 2.25. The summed E-state index contributed by atoms with van der Waals surface area (Å²) in [6.07, 6.45) is 0.825. The van der Waals surface area contributed by atoms with Gasteiger partial charge in [-0.15, -0.1) is 0 Å². The zero-order valence-electron chi connectivity index (χ0n) is 11.7. The van der Waals surface area contributed by atoms with E-state index in [-0.39, 0.29) is 17.9 Å². The van der Waals surface area contributed by atoms with E-state index in [9.17, 15) is 4.39 Å². The van der Waals surface area contributed by atoms with Crippen LogP contribution in [-0.2, 0) is 0 Å². The van der Waals surface area contributed by atoms with Crippen LogP contribution in [0.5, 0.6) is 0 Å². The lowest BCUT2D eigenvalue weighted by Crippen LogP contribution is -2.25. The van der Waals surface area contributed by atoms with Crippen LogP contribution in [0.3, 0.4) is 0 Å². The molecule has 1 unspecified atom stereocenters. The molecule has 0 bridgehead atoms. The minimum absolute atomic E-state index is 0.00909. The number of halogens is 2. The summed E-state index contributed by atoms with van der Waals surface area (Å²) in [6.45, 7) is 4.12. The van der Waals surface area contributed by atoms with Gasteiger partial charge in [0.05, 0.1) is 0 Å². The Labute approximate surface area is 124 Å². The van der Waals surface area contributed by atoms with Gasteiger partial charge in [-0.3, -0.25) is 0 Å². The van der Waals surface area contributed by atoms with Crippen molar-refractivity contribution in [2.45, 2.75) is 32.4 Å². The average molecular weight is 292 g/mol. The van der Waals surface area contributed by atoms with E-state index in [4.69, 9.17) is 11.6 Å². The van der Waals surface area contributed by atoms with E-state index in [0.29, 0.717) is 5.56 Å². The maximum atomic E-state index is 13.9. The highest BCUT2D eigenvalue weighted by Gasteiger charge is 2.16. The summed E-state index contributed by atoms with van der Waals surface area (Å²) in [7, 11) is 0. The fourth-order valence-corrected chi connectivity index (χ4v) is 2.56. The van der Waals surface area contributed by atoms with Crippen LogP contribution in [0.4, 0.5) is 4.39 Å².